The van der Waals surface area contributed by atoms with Gasteiger partial charge in [0, 0.05) is 45.5 Å². The second-order valence-corrected chi connectivity index (χ2v) is 5.17. The summed E-state index contributed by atoms with van der Waals surface area (Å²) in [6.07, 6.45) is 2.65. The molecule has 5 heteroatoms. The first-order valence-corrected chi connectivity index (χ1v) is 6.68. The van der Waals surface area contributed by atoms with Gasteiger partial charge < -0.3 is 15.0 Å². The van der Waals surface area contributed by atoms with E-state index in [0.717, 1.165) is 11.3 Å². The highest BCUT2D eigenvalue weighted by atomic mass is 16.5. The predicted octanol–water partition coefficient (Wildman–Crippen LogP) is 1.66. The van der Waals surface area contributed by atoms with E-state index in [1.165, 1.54) is 24.5 Å². The Balaban J connectivity index is 2.05. The van der Waals surface area contributed by atoms with E-state index in [9.17, 15) is 10.0 Å². The molecule has 21 heavy (non-hydrogen) atoms. The van der Waals surface area contributed by atoms with Crippen LogP contribution in [0.2, 0.25) is 0 Å². The minimum Gasteiger partial charge on any atom is -0.619 e. The van der Waals surface area contributed by atoms with Crippen LogP contribution < -0.4 is 9.63 Å². The average Bonchev–Trinajstić information content (AvgIpc) is 2.47. The molecule has 0 fully saturated rings. The van der Waals surface area contributed by atoms with Crippen molar-refractivity contribution in [2.24, 2.45) is 0 Å². The van der Waals surface area contributed by atoms with Crippen molar-refractivity contribution >= 4 is 11.6 Å². The minimum atomic E-state index is -0.104. The molecule has 0 bridgehead atoms. The molecule has 110 valence electrons. The van der Waals surface area contributed by atoms with Crippen LogP contribution in [0.1, 0.15) is 15.9 Å². The molecule has 0 aliphatic heterocycles. The molecule has 0 aliphatic carbocycles. The number of carbonyl (C=O) groups excluding carboxylic acids is 1. The highest BCUT2D eigenvalue weighted by Gasteiger charge is 2.12. The van der Waals surface area contributed by atoms with Gasteiger partial charge in [0.15, 0.2) is 12.4 Å². The molecular formula is C16H19N3O2. The van der Waals surface area contributed by atoms with E-state index in [2.05, 4.69) is 0 Å². The molecule has 1 aromatic carbocycles. The van der Waals surface area contributed by atoms with Gasteiger partial charge in [0.25, 0.3) is 5.91 Å². The second-order valence-electron chi connectivity index (χ2n) is 5.17. The van der Waals surface area contributed by atoms with Crippen LogP contribution in [-0.4, -0.2) is 32.0 Å². The molecule has 1 heterocycles. The third-order valence-corrected chi connectivity index (χ3v) is 3.27. The fraction of sp³-hybridized carbons (Fsp3) is 0.250. The third kappa shape index (κ3) is 3.72. The van der Waals surface area contributed by atoms with Gasteiger partial charge in [-0.3, -0.25) is 4.79 Å². The number of nitrogens with zero attached hydrogens (tertiary/aromatic N) is 3. The van der Waals surface area contributed by atoms with Crippen LogP contribution >= 0.6 is 0 Å². The molecule has 1 amide bonds. The van der Waals surface area contributed by atoms with E-state index in [0.29, 0.717) is 16.8 Å². The van der Waals surface area contributed by atoms with E-state index in [4.69, 9.17) is 0 Å². The summed E-state index contributed by atoms with van der Waals surface area (Å²) in [5.41, 5.74) is 2.69. The first kappa shape index (κ1) is 14.8. The second kappa shape index (κ2) is 6.26. The van der Waals surface area contributed by atoms with Crippen LogP contribution in [-0.2, 0) is 6.54 Å². The van der Waals surface area contributed by atoms with Crippen molar-refractivity contribution in [3.63, 3.8) is 0 Å². The number of rotatable bonds is 4. The van der Waals surface area contributed by atoms with Gasteiger partial charge in [0.1, 0.15) is 0 Å². The maximum absolute atomic E-state index is 12.2. The monoisotopic (exact) mass is 285 g/mol. The molecule has 0 aliphatic rings. The summed E-state index contributed by atoms with van der Waals surface area (Å²) in [7, 11) is 5.73. The van der Waals surface area contributed by atoms with Gasteiger partial charge in [0.05, 0.1) is 5.56 Å². The van der Waals surface area contributed by atoms with E-state index in [1.807, 2.05) is 43.3 Å². The molecule has 1 aromatic heterocycles. The van der Waals surface area contributed by atoms with Crippen molar-refractivity contribution in [1.82, 2.24) is 4.90 Å². The van der Waals surface area contributed by atoms with E-state index >= 15 is 0 Å². The summed E-state index contributed by atoms with van der Waals surface area (Å²) in [4.78, 5) is 15.9. The molecular weight excluding hydrogens is 266 g/mol. The summed E-state index contributed by atoms with van der Waals surface area (Å²) in [5.74, 6) is -0.104. The van der Waals surface area contributed by atoms with Gasteiger partial charge in [0.2, 0.25) is 0 Å². The maximum atomic E-state index is 12.2. The Morgan fingerprint density at radius 2 is 1.62 bits per heavy atom. The first-order valence-electron chi connectivity index (χ1n) is 6.68. The number of anilines is 1. The van der Waals surface area contributed by atoms with Gasteiger partial charge in [-0.25, -0.2) is 0 Å². The van der Waals surface area contributed by atoms with Gasteiger partial charge in [-0.15, -0.1) is 0 Å². The lowest BCUT2D eigenvalue weighted by atomic mass is 10.1. The molecule has 0 unspecified atom stereocenters. The summed E-state index contributed by atoms with van der Waals surface area (Å²) < 4.78 is 0.663. The molecule has 0 radical (unpaired) electrons. The summed E-state index contributed by atoms with van der Waals surface area (Å²) in [6.45, 7) is 0.527. The quantitative estimate of drug-likeness (QED) is 0.634. The van der Waals surface area contributed by atoms with E-state index < -0.39 is 0 Å². The van der Waals surface area contributed by atoms with Crippen LogP contribution in [0.15, 0.2) is 48.8 Å². The Labute approximate surface area is 124 Å². The highest BCUT2D eigenvalue weighted by Crippen LogP contribution is 2.14. The summed E-state index contributed by atoms with van der Waals surface area (Å²) in [6, 6.07) is 11.1. The van der Waals surface area contributed by atoms with Gasteiger partial charge in [-0.2, -0.15) is 4.73 Å². The number of carbonyl (C=O) groups is 1. The molecule has 0 spiro atoms. The Bertz CT molecular complexity index is 606. The van der Waals surface area contributed by atoms with Crippen LogP contribution in [0.3, 0.4) is 0 Å². The van der Waals surface area contributed by atoms with Gasteiger partial charge >= 0.3 is 0 Å². The number of pyridine rings is 1. The number of hydrogen-bond donors (Lipinski definition) is 0. The predicted molar refractivity (Wildman–Crippen MR) is 82.0 cm³/mol. The van der Waals surface area contributed by atoms with Crippen LogP contribution in [0.5, 0.6) is 0 Å². The minimum absolute atomic E-state index is 0.104. The Kier molecular flexibility index (Phi) is 4.42. The largest absolute Gasteiger partial charge is 0.619 e. The number of hydrogen-bond acceptors (Lipinski definition) is 3. The molecule has 0 saturated carbocycles. The lowest BCUT2D eigenvalue weighted by Crippen LogP contribution is -2.29. The molecule has 2 rings (SSSR count). The summed E-state index contributed by atoms with van der Waals surface area (Å²) >= 11 is 0. The third-order valence-electron chi connectivity index (χ3n) is 3.27. The van der Waals surface area contributed by atoms with Crippen molar-refractivity contribution in [1.29, 1.82) is 0 Å². The number of amides is 1. The van der Waals surface area contributed by atoms with Crippen LogP contribution in [0.4, 0.5) is 5.69 Å². The SMILES string of the molecule is CN(Cc1ccc(N(C)C)cc1)C(=O)c1cc[n+]([O-])cc1. The molecule has 5 nitrogen and oxygen atoms in total. The van der Waals surface area contributed by atoms with Crippen molar-refractivity contribution in [3.05, 3.63) is 65.1 Å². The van der Waals surface area contributed by atoms with Gasteiger partial charge in [-0.1, -0.05) is 12.1 Å². The maximum Gasteiger partial charge on any atom is 0.254 e. The fourth-order valence-electron chi connectivity index (χ4n) is 2.02. The standard InChI is InChI=1S/C16H19N3O2/c1-17(2)15-6-4-13(5-7-15)12-18(3)16(20)14-8-10-19(21)11-9-14/h4-11H,12H2,1-3H3. The molecule has 0 saturated heterocycles. The molecule has 2 aromatic rings. The van der Waals surface area contributed by atoms with Crippen LogP contribution in [0, 0.1) is 5.21 Å². The van der Waals surface area contributed by atoms with Crippen LogP contribution in [0.25, 0.3) is 0 Å². The topological polar surface area (TPSA) is 50.5 Å². The van der Waals surface area contributed by atoms with Crippen molar-refractivity contribution in [3.8, 4) is 0 Å². The Morgan fingerprint density at radius 3 is 2.14 bits per heavy atom. The van der Waals surface area contributed by atoms with Crippen molar-refractivity contribution in [2.75, 3.05) is 26.0 Å². The number of aromatic nitrogens is 1. The fourth-order valence-corrected chi connectivity index (χ4v) is 2.02. The normalized spacial score (nSPS) is 10.2. The molecule has 0 atom stereocenters. The zero-order valence-corrected chi connectivity index (χ0v) is 12.5. The summed E-state index contributed by atoms with van der Waals surface area (Å²) in [5, 5.41) is 11.0. The lowest BCUT2D eigenvalue weighted by Gasteiger charge is -2.18. The molecule has 0 N–H and O–H groups in total. The zero-order valence-electron chi connectivity index (χ0n) is 12.5. The average molecular weight is 285 g/mol. The highest BCUT2D eigenvalue weighted by molar-refractivity contribution is 5.93. The Morgan fingerprint density at radius 1 is 1.05 bits per heavy atom. The van der Waals surface area contributed by atoms with Gasteiger partial charge in [-0.05, 0) is 17.7 Å². The van der Waals surface area contributed by atoms with Crippen molar-refractivity contribution in [2.45, 2.75) is 6.54 Å². The number of benzene rings is 1. The Hall–Kier alpha value is -2.56. The van der Waals surface area contributed by atoms with Crippen molar-refractivity contribution < 1.29 is 9.52 Å². The zero-order chi connectivity index (χ0) is 15.4. The van der Waals surface area contributed by atoms with E-state index in [1.54, 1.807) is 11.9 Å². The first-order chi connectivity index (χ1) is 9.97. The van der Waals surface area contributed by atoms with E-state index in [-0.39, 0.29) is 5.91 Å². The lowest BCUT2D eigenvalue weighted by molar-refractivity contribution is -0.605. The smallest absolute Gasteiger partial charge is 0.254 e.